The summed E-state index contributed by atoms with van der Waals surface area (Å²) in [4.78, 5) is 2.20. The highest BCUT2D eigenvalue weighted by Crippen LogP contribution is 2.37. The van der Waals surface area contributed by atoms with E-state index in [4.69, 9.17) is 0 Å². The molecule has 1 aliphatic rings. The van der Waals surface area contributed by atoms with Gasteiger partial charge >= 0.3 is 0 Å². The third-order valence-electron chi connectivity index (χ3n) is 3.08. The summed E-state index contributed by atoms with van der Waals surface area (Å²) in [6.07, 6.45) is 1.07. The van der Waals surface area contributed by atoms with Gasteiger partial charge in [0.15, 0.2) is 0 Å². The zero-order valence-electron chi connectivity index (χ0n) is 9.26. The van der Waals surface area contributed by atoms with Crippen LogP contribution < -0.4 is 10.2 Å². The van der Waals surface area contributed by atoms with Crippen LogP contribution in [0.4, 0.5) is 10.1 Å². The molecule has 3 heteroatoms. The van der Waals surface area contributed by atoms with Gasteiger partial charge in [0.05, 0.1) is 0 Å². The number of halogens is 1. The Bertz CT molecular complexity index is 351. The topological polar surface area (TPSA) is 15.3 Å². The van der Waals surface area contributed by atoms with E-state index in [1.54, 1.807) is 6.07 Å². The van der Waals surface area contributed by atoms with Gasteiger partial charge in [-0.25, -0.2) is 4.39 Å². The molecule has 1 aromatic carbocycles. The molecule has 0 radical (unpaired) electrons. The highest BCUT2D eigenvalue weighted by atomic mass is 19.1. The first-order valence-corrected chi connectivity index (χ1v) is 5.37. The minimum absolute atomic E-state index is 0.126. The number of fused-ring (bicyclic) bond motifs is 1. The number of nitrogens with one attached hydrogen (secondary N) is 1. The predicted octanol–water partition coefficient (Wildman–Crippen LogP) is 1.97. The largest absolute Gasteiger partial charge is 0.374 e. The van der Waals surface area contributed by atoms with Crippen LogP contribution in [0.25, 0.3) is 0 Å². The van der Waals surface area contributed by atoms with E-state index in [0.717, 1.165) is 25.1 Å². The Labute approximate surface area is 90.1 Å². The van der Waals surface area contributed by atoms with Crippen molar-refractivity contribution in [1.82, 2.24) is 5.32 Å². The number of hydrogen-bond acceptors (Lipinski definition) is 2. The molecular formula is C12H17FN2. The van der Waals surface area contributed by atoms with Gasteiger partial charge in [0, 0.05) is 25.2 Å². The van der Waals surface area contributed by atoms with Gasteiger partial charge in [-0.2, -0.15) is 0 Å². The van der Waals surface area contributed by atoms with E-state index in [1.165, 1.54) is 11.8 Å². The van der Waals surface area contributed by atoms with Crippen molar-refractivity contribution in [3.8, 4) is 0 Å². The summed E-state index contributed by atoms with van der Waals surface area (Å²) >= 11 is 0. The van der Waals surface area contributed by atoms with Crippen LogP contribution in [-0.4, -0.2) is 27.2 Å². The fourth-order valence-corrected chi connectivity index (χ4v) is 2.29. The van der Waals surface area contributed by atoms with Crippen LogP contribution >= 0.6 is 0 Å². The number of likely N-dealkylation sites (N-methyl/N-ethyl adjacent to an activating group) is 1. The highest BCUT2D eigenvalue weighted by Gasteiger charge is 2.25. The van der Waals surface area contributed by atoms with Crippen LogP contribution in [-0.2, 0) is 0 Å². The molecule has 0 saturated carbocycles. The maximum atomic E-state index is 13.2. The predicted molar refractivity (Wildman–Crippen MR) is 61.0 cm³/mol. The van der Waals surface area contributed by atoms with Gasteiger partial charge in [0.1, 0.15) is 5.82 Å². The second kappa shape index (κ2) is 4.19. The molecule has 0 bridgehead atoms. The summed E-state index contributed by atoms with van der Waals surface area (Å²) in [5.74, 6) is 0.339. The van der Waals surface area contributed by atoms with Crippen molar-refractivity contribution in [3.05, 3.63) is 29.6 Å². The van der Waals surface area contributed by atoms with Gasteiger partial charge < -0.3 is 10.2 Å². The Morgan fingerprint density at radius 1 is 1.53 bits per heavy atom. The molecule has 1 aliphatic heterocycles. The molecule has 1 unspecified atom stereocenters. The van der Waals surface area contributed by atoms with Crippen LogP contribution in [0.2, 0.25) is 0 Å². The number of rotatable bonds is 3. The maximum absolute atomic E-state index is 13.2. The number of anilines is 1. The minimum atomic E-state index is -0.126. The molecule has 1 N–H and O–H groups in total. The first-order chi connectivity index (χ1) is 7.22. The highest BCUT2D eigenvalue weighted by molar-refractivity contribution is 5.59. The molecule has 0 aromatic heterocycles. The van der Waals surface area contributed by atoms with Crippen molar-refractivity contribution < 1.29 is 4.39 Å². The van der Waals surface area contributed by atoms with Crippen molar-refractivity contribution in [3.63, 3.8) is 0 Å². The molecule has 1 atom stereocenters. The summed E-state index contributed by atoms with van der Waals surface area (Å²) in [6.45, 7) is 1.98. The molecule has 82 valence electrons. The van der Waals surface area contributed by atoms with Gasteiger partial charge in [-0.3, -0.25) is 0 Å². The van der Waals surface area contributed by atoms with Crippen molar-refractivity contribution >= 4 is 5.69 Å². The SMILES string of the molecule is CNCCC1CN(C)c2ccc(F)cc21. The lowest BCUT2D eigenvalue weighted by molar-refractivity contribution is 0.604. The van der Waals surface area contributed by atoms with Crippen molar-refractivity contribution in [1.29, 1.82) is 0 Å². The Hall–Kier alpha value is -1.09. The van der Waals surface area contributed by atoms with Crippen LogP contribution in [0.1, 0.15) is 17.9 Å². The molecule has 2 rings (SSSR count). The molecule has 0 amide bonds. The summed E-state index contributed by atoms with van der Waals surface area (Å²) in [5.41, 5.74) is 2.34. The van der Waals surface area contributed by atoms with E-state index in [-0.39, 0.29) is 5.82 Å². The van der Waals surface area contributed by atoms with E-state index >= 15 is 0 Å². The van der Waals surface area contributed by atoms with Gasteiger partial charge in [0.2, 0.25) is 0 Å². The average molecular weight is 208 g/mol. The molecule has 1 aromatic rings. The summed E-state index contributed by atoms with van der Waals surface area (Å²) in [7, 11) is 4.02. The Morgan fingerprint density at radius 3 is 3.07 bits per heavy atom. The van der Waals surface area contributed by atoms with Crippen molar-refractivity contribution in [2.24, 2.45) is 0 Å². The zero-order valence-corrected chi connectivity index (χ0v) is 9.26. The average Bonchev–Trinajstić information content (AvgIpc) is 2.52. The summed E-state index contributed by atoms with van der Waals surface area (Å²) in [6, 6.07) is 5.10. The van der Waals surface area contributed by atoms with E-state index in [1.807, 2.05) is 13.1 Å². The van der Waals surface area contributed by atoms with Crippen LogP contribution in [0.15, 0.2) is 18.2 Å². The van der Waals surface area contributed by atoms with Crippen molar-refractivity contribution in [2.75, 3.05) is 32.1 Å². The van der Waals surface area contributed by atoms with Crippen LogP contribution in [0, 0.1) is 5.82 Å². The fraction of sp³-hybridized carbons (Fsp3) is 0.500. The number of nitrogens with zero attached hydrogens (tertiary/aromatic N) is 1. The molecule has 1 heterocycles. The zero-order chi connectivity index (χ0) is 10.8. The third kappa shape index (κ3) is 1.97. The fourth-order valence-electron chi connectivity index (χ4n) is 2.29. The lowest BCUT2D eigenvalue weighted by Gasteiger charge is -2.12. The van der Waals surface area contributed by atoms with E-state index in [9.17, 15) is 4.39 Å². The Morgan fingerprint density at radius 2 is 2.33 bits per heavy atom. The first-order valence-electron chi connectivity index (χ1n) is 5.37. The van der Waals surface area contributed by atoms with Crippen LogP contribution in [0.3, 0.4) is 0 Å². The molecule has 15 heavy (non-hydrogen) atoms. The summed E-state index contributed by atoms with van der Waals surface area (Å²) < 4.78 is 13.2. The second-order valence-corrected chi connectivity index (χ2v) is 4.17. The van der Waals surface area contributed by atoms with Crippen molar-refractivity contribution in [2.45, 2.75) is 12.3 Å². The van der Waals surface area contributed by atoms with Gasteiger partial charge in [-0.05, 0) is 43.8 Å². The monoisotopic (exact) mass is 208 g/mol. The molecule has 0 saturated heterocycles. The molecule has 0 aliphatic carbocycles. The third-order valence-corrected chi connectivity index (χ3v) is 3.08. The standard InChI is InChI=1S/C12H17FN2/c1-14-6-5-9-8-15(2)12-4-3-10(13)7-11(9)12/h3-4,7,9,14H,5-6,8H2,1-2H3. The summed E-state index contributed by atoms with van der Waals surface area (Å²) in [5, 5.41) is 3.14. The molecule has 0 fully saturated rings. The Balaban J connectivity index is 2.23. The Kier molecular flexibility index (Phi) is 2.91. The molecular weight excluding hydrogens is 191 g/mol. The quantitative estimate of drug-likeness (QED) is 0.817. The van der Waals surface area contributed by atoms with Gasteiger partial charge in [-0.15, -0.1) is 0 Å². The van der Waals surface area contributed by atoms with E-state index < -0.39 is 0 Å². The molecule has 2 nitrogen and oxygen atoms in total. The van der Waals surface area contributed by atoms with E-state index in [2.05, 4.69) is 17.3 Å². The molecule has 0 spiro atoms. The second-order valence-electron chi connectivity index (χ2n) is 4.17. The maximum Gasteiger partial charge on any atom is 0.123 e. The number of benzene rings is 1. The normalized spacial score (nSPS) is 19.4. The first kappa shape index (κ1) is 10.4. The van der Waals surface area contributed by atoms with Gasteiger partial charge in [-0.1, -0.05) is 0 Å². The van der Waals surface area contributed by atoms with Crippen LogP contribution in [0.5, 0.6) is 0 Å². The lowest BCUT2D eigenvalue weighted by atomic mass is 9.98. The van der Waals surface area contributed by atoms with Gasteiger partial charge in [0.25, 0.3) is 0 Å². The minimum Gasteiger partial charge on any atom is -0.374 e. The lowest BCUT2D eigenvalue weighted by Crippen LogP contribution is -2.18. The smallest absolute Gasteiger partial charge is 0.123 e. The van der Waals surface area contributed by atoms with E-state index in [0.29, 0.717) is 5.92 Å². The number of hydrogen-bond donors (Lipinski definition) is 1.